The van der Waals surface area contributed by atoms with Crippen molar-refractivity contribution in [1.82, 2.24) is 0 Å². The maximum atomic E-state index is 11.5. The molecule has 7 heteroatoms. The van der Waals surface area contributed by atoms with Crippen molar-refractivity contribution in [3.05, 3.63) is 0 Å². The summed E-state index contributed by atoms with van der Waals surface area (Å²) in [5.74, 6) is -4.29. The molecule has 0 aliphatic rings. The molecule has 3 atom stereocenters. The number of hydrogen-bond donors (Lipinski definition) is 2. The van der Waals surface area contributed by atoms with E-state index < -0.39 is 35.7 Å². The van der Waals surface area contributed by atoms with Gasteiger partial charge in [-0.05, 0) is 12.8 Å². The highest BCUT2D eigenvalue weighted by Gasteiger charge is 2.30. The van der Waals surface area contributed by atoms with E-state index >= 15 is 0 Å². The highest BCUT2D eigenvalue weighted by atomic mass is 16.4. The van der Waals surface area contributed by atoms with E-state index in [0.29, 0.717) is 43.4 Å². The topological polar surface area (TPSA) is 115 Å². The zero-order valence-electron chi connectivity index (χ0n) is 30.0. The third-order valence-corrected chi connectivity index (χ3v) is 10.1. The Bertz CT molecular complexity index is 682. The Morgan fingerprint density at radius 1 is 0.467 bits per heavy atom. The number of carbonyl (C=O) groups is 3. The van der Waals surface area contributed by atoms with Crippen molar-refractivity contribution in [3.63, 3.8) is 0 Å². The Morgan fingerprint density at radius 3 is 1.00 bits per heavy atom. The van der Waals surface area contributed by atoms with Gasteiger partial charge >= 0.3 is 11.9 Å². The van der Waals surface area contributed by atoms with Crippen molar-refractivity contribution in [2.45, 2.75) is 182 Å². The quantitative estimate of drug-likeness (QED) is 0.0536. The van der Waals surface area contributed by atoms with Gasteiger partial charge in [0.1, 0.15) is 0 Å². The fraction of sp³-hybridized carbons (Fsp3) is 0.921. The summed E-state index contributed by atoms with van der Waals surface area (Å²) >= 11 is 0. The normalized spacial score (nSPS) is 14.9. The van der Waals surface area contributed by atoms with Crippen LogP contribution in [0.15, 0.2) is 0 Å². The van der Waals surface area contributed by atoms with Gasteiger partial charge in [-0.2, -0.15) is 0 Å². The van der Waals surface area contributed by atoms with E-state index in [0.717, 1.165) is 19.4 Å². The summed E-state index contributed by atoms with van der Waals surface area (Å²) in [6.45, 7) is 10.0. The van der Waals surface area contributed by atoms with Gasteiger partial charge < -0.3 is 24.6 Å². The standard InChI is InChI=1S/C38H73NO6/c1-5-6-7-8-9-10-11-12-13-14-15-16-17-18-19-20-21-22-23-24-25-29-39(30-26-33(2)36(40)41,31-27-34(3)37(42)43)32-28-35(4)38(44)45/h33-35H,5-32H2,1-4H3,(H2-,40,41,42,43,44,45). The summed E-state index contributed by atoms with van der Waals surface area (Å²) in [4.78, 5) is 34.4. The number of aliphatic carboxylic acids is 3. The Balaban J connectivity index is 4.29. The number of unbranched alkanes of at least 4 members (excludes halogenated alkanes) is 20. The molecule has 0 spiro atoms. The van der Waals surface area contributed by atoms with Gasteiger partial charge in [-0.1, -0.05) is 150 Å². The summed E-state index contributed by atoms with van der Waals surface area (Å²) in [6.07, 6.45) is 29.4. The molecule has 0 aromatic carbocycles. The molecule has 0 fully saturated rings. The van der Waals surface area contributed by atoms with Gasteiger partial charge in [0.2, 0.25) is 0 Å². The van der Waals surface area contributed by atoms with E-state index in [1.165, 1.54) is 122 Å². The zero-order valence-corrected chi connectivity index (χ0v) is 30.0. The second-order valence-electron chi connectivity index (χ2n) is 14.4. The van der Waals surface area contributed by atoms with Crippen molar-refractivity contribution in [3.8, 4) is 0 Å². The molecular formula is C38H73NO6. The second-order valence-corrected chi connectivity index (χ2v) is 14.4. The predicted molar refractivity (Wildman–Crippen MR) is 184 cm³/mol. The van der Waals surface area contributed by atoms with E-state index in [1.54, 1.807) is 20.8 Å². The first-order valence-corrected chi connectivity index (χ1v) is 19.1. The first kappa shape index (κ1) is 43.4. The zero-order chi connectivity index (χ0) is 33.8. The molecule has 266 valence electrons. The van der Waals surface area contributed by atoms with Crippen molar-refractivity contribution in [2.75, 3.05) is 26.2 Å². The molecule has 7 nitrogen and oxygen atoms in total. The lowest BCUT2D eigenvalue weighted by molar-refractivity contribution is -0.929. The molecule has 0 radical (unpaired) electrons. The van der Waals surface area contributed by atoms with Crippen LogP contribution in [0.1, 0.15) is 182 Å². The van der Waals surface area contributed by atoms with E-state index in [-0.39, 0.29) is 0 Å². The van der Waals surface area contributed by atoms with Crippen LogP contribution in [0.3, 0.4) is 0 Å². The lowest BCUT2D eigenvalue weighted by Crippen LogP contribution is -2.52. The molecule has 0 heterocycles. The summed E-state index contributed by atoms with van der Waals surface area (Å²) in [5.41, 5.74) is 0. The largest absolute Gasteiger partial charge is 0.550 e. The monoisotopic (exact) mass is 640 g/mol. The number of carboxylic acids is 3. The number of nitrogens with zero attached hydrogens (tertiary/aromatic N) is 1. The van der Waals surface area contributed by atoms with Crippen LogP contribution in [0.2, 0.25) is 0 Å². The molecule has 45 heavy (non-hydrogen) atoms. The molecule has 0 rings (SSSR count). The summed E-state index contributed by atoms with van der Waals surface area (Å²) < 4.78 is 0.589. The van der Waals surface area contributed by atoms with Crippen LogP contribution >= 0.6 is 0 Å². The lowest BCUT2D eigenvalue weighted by Gasteiger charge is -2.41. The highest BCUT2D eigenvalue weighted by molar-refractivity contribution is 5.69. The van der Waals surface area contributed by atoms with Crippen LogP contribution < -0.4 is 5.11 Å². The van der Waals surface area contributed by atoms with Gasteiger partial charge in [0.05, 0.1) is 38.0 Å². The minimum absolute atomic E-state index is 0.449. The van der Waals surface area contributed by atoms with Gasteiger partial charge in [-0.3, -0.25) is 9.59 Å². The van der Waals surface area contributed by atoms with Gasteiger partial charge in [-0.15, -0.1) is 0 Å². The number of carbonyl (C=O) groups excluding carboxylic acids is 1. The first-order valence-electron chi connectivity index (χ1n) is 19.1. The van der Waals surface area contributed by atoms with E-state index in [1.807, 2.05) is 0 Å². The summed E-state index contributed by atoms with van der Waals surface area (Å²) in [6, 6.07) is 0. The second kappa shape index (κ2) is 28.6. The van der Waals surface area contributed by atoms with Crippen LogP contribution in [0.5, 0.6) is 0 Å². The van der Waals surface area contributed by atoms with Gasteiger partial charge in [0.25, 0.3) is 0 Å². The van der Waals surface area contributed by atoms with Gasteiger partial charge in [0, 0.05) is 31.1 Å². The predicted octanol–water partition coefficient (Wildman–Crippen LogP) is 9.01. The maximum Gasteiger partial charge on any atom is 0.306 e. The van der Waals surface area contributed by atoms with Crippen LogP contribution in [-0.2, 0) is 14.4 Å². The fourth-order valence-corrected chi connectivity index (χ4v) is 6.32. The number of carboxylic acid groups (broad SMARTS) is 3. The average molecular weight is 640 g/mol. The minimum Gasteiger partial charge on any atom is -0.550 e. The van der Waals surface area contributed by atoms with Crippen molar-refractivity contribution in [2.24, 2.45) is 17.8 Å². The van der Waals surface area contributed by atoms with Crippen molar-refractivity contribution >= 4 is 17.9 Å². The summed E-state index contributed by atoms with van der Waals surface area (Å²) in [7, 11) is 0. The maximum absolute atomic E-state index is 11.5. The van der Waals surface area contributed by atoms with Gasteiger partial charge in [0.15, 0.2) is 0 Å². The molecule has 2 N–H and O–H groups in total. The third-order valence-electron chi connectivity index (χ3n) is 10.1. The smallest absolute Gasteiger partial charge is 0.306 e. The number of hydrogen-bond acceptors (Lipinski definition) is 4. The molecule has 0 aromatic heterocycles. The fourth-order valence-electron chi connectivity index (χ4n) is 6.32. The molecule has 0 bridgehead atoms. The molecule has 0 aliphatic heterocycles. The molecule has 0 aromatic rings. The molecule has 0 aliphatic carbocycles. The van der Waals surface area contributed by atoms with Crippen LogP contribution in [0.4, 0.5) is 0 Å². The highest BCUT2D eigenvalue weighted by Crippen LogP contribution is 2.22. The van der Waals surface area contributed by atoms with Gasteiger partial charge in [-0.25, -0.2) is 0 Å². The van der Waals surface area contributed by atoms with Crippen LogP contribution in [-0.4, -0.2) is 58.8 Å². The van der Waals surface area contributed by atoms with Crippen molar-refractivity contribution < 1.29 is 34.2 Å². The summed E-state index contributed by atoms with van der Waals surface area (Å²) in [5, 5.41) is 30.3. The number of quaternary nitrogens is 1. The molecule has 0 amide bonds. The number of rotatable bonds is 34. The molecule has 0 saturated carbocycles. The van der Waals surface area contributed by atoms with E-state index in [9.17, 15) is 29.7 Å². The Morgan fingerprint density at radius 2 is 0.733 bits per heavy atom. The van der Waals surface area contributed by atoms with Crippen LogP contribution in [0.25, 0.3) is 0 Å². The Hall–Kier alpha value is -1.63. The minimum atomic E-state index is -1.07. The van der Waals surface area contributed by atoms with Crippen LogP contribution in [0, 0.1) is 17.8 Å². The molecule has 0 saturated heterocycles. The Kier molecular flexibility index (Phi) is 27.5. The average Bonchev–Trinajstić information content (AvgIpc) is 3.01. The van der Waals surface area contributed by atoms with E-state index in [2.05, 4.69) is 6.92 Å². The third kappa shape index (κ3) is 25.2. The lowest BCUT2D eigenvalue weighted by atomic mass is 10.0. The van der Waals surface area contributed by atoms with E-state index in [4.69, 9.17) is 0 Å². The van der Waals surface area contributed by atoms with Crippen molar-refractivity contribution in [1.29, 1.82) is 0 Å². The Labute approximate surface area is 277 Å². The molecular weight excluding hydrogens is 566 g/mol. The first-order chi connectivity index (χ1) is 21.5. The SMILES string of the molecule is CCCCCCCCCCCCCCCCCCCCCCC[N+](CCC(C)C(=O)[O-])(CCC(C)C(=O)O)CCC(C)C(=O)O. The molecule has 3 unspecified atom stereocenters.